The monoisotopic (exact) mass is 348 g/mol. The van der Waals surface area contributed by atoms with E-state index < -0.39 is 0 Å². The molecule has 0 unspecified atom stereocenters. The van der Waals surface area contributed by atoms with Crippen LogP contribution in [-0.4, -0.2) is 56.7 Å². The van der Waals surface area contributed by atoms with Crippen molar-refractivity contribution in [2.45, 2.75) is 26.2 Å². The van der Waals surface area contributed by atoms with Crippen molar-refractivity contribution in [3.8, 4) is 5.75 Å². The van der Waals surface area contributed by atoms with Gasteiger partial charge in [0.2, 0.25) is 11.8 Å². The highest BCUT2D eigenvalue weighted by Crippen LogP contribution is 2.19. The van der Waals surface area contributed by atoms with Gasteiger partial charge in [0, 0.05) is 32.7 Å². The average molecular weight is 348 g/mol. The number of benzene rings is 1. The number of hydrogen-bond donors (Lipinski definition) is 1. The molecule has 1 aromatic carbocycles. The predicted molar refractivity (Wildman–Crippen MR) is 95.5 cm³/mol. The largest absolute Gasteiger partial charge is 0.497 e. The van der Waals surface area contributed by atoms with E-state index in [1.807, 2.05) is 31.2 Å². The van der Waals surface area contributed by atoms with Gasteiger partial charge >= 0.3 is 0 Å². The molecule has 1 aromatic rings. The number of likely N-dealkylation sites (tertiary alicyclic amines) is 1. The maximum atomic E-state index is 12.2. The number of amides is 2. The smallest absolute Gasteiger partial charge is 0.224 e. The first-order valence-electron chi connectivity index (χ1n) is 8.90. The lowest BCUT2D eigenvalue weighted by Gasteiger charge is -2.32. The minimum Gasteiger partial charge on any atom is -0.497 e. The van der Waals surface area contributed by atoms with Crippen molar-refractivity contribution in [1.82, 2.24) is 10.2 Å². The molecule has 2 rings (SSSR count). The van der Waals surface area contributed by atoms with Gasteiger partial charge in [-0.1, -0.05) is 12.1 Å². The van der Waals surface area contributed by atoms with Gasteiger partial charge in [-0.2, -0.15) is 0 Å². The van der Waals surface area contributed by atoms with E-state index in [4.69, 9.17) is 9.47 Å². The van der Waals surface area contributed by atoms with Crippen LogP contribution in [0.15, 0.2) is 24.3 Å². The summed E-state index contributed by atoms with van der Waals surface area (Å²) in [5.41, 5.74) is 1.15. The Morgan fingerprint density at radius 3 is 2.76 bits per heavy atom. The highest BCUT2D eigenvalue weighted by atomic mass is 16.5. The van der Waals surface area contributed by atoms with Crippen LogP contribution in [0.4, 0.5) is 0 Å². The van der Waals surface area contributed by atoms with Crippen molar-refractivity contribution in [3.63, 3.8) is 0 Å². The molecule has 1 atom stereocenters. The Kier molecular flexibility index (Phi) is 7.73. The average Bonchev–Trinajstić information content (AvgIpc) is 2.65. The molecule has 1 fully saturated rings. The molecule has 1 aliphatic rings. The van der Waals surface area contributed by atoms with Crippen LogP contribution < -0.4 is 10.1 Å². The van der Waals surface area contributed by atoms with Crippen molar-refractivity contribution in [1.29, 1.82) is 0 Å². The zero-order valence-corrected chi connectivity index (χ0v) is 15.1. The third-order valence-electron chi connectivity index (χ3n) is 4.45. The van der Waals surface area contributed by atoms with Crippen LogP contribution >= 0.6 is 0 Å². The molecule has 138 valence electrons. The minimum absolute atomic E-state index is 0.0154. The lowest BCUT2D eigenvalue weighted by molar-refractivity contribution is -0.138. The van der Waals surface area contributed by atoms with E-state index in [-0.39, 0.29) is 17.7 Å². The number of carbonyl (C=O) groups excluding carboxylic acids is 2. The molecular formula is C19H28N2O4. The lowest BCUT2D eigenvalue weighted by atomic mass is 9.96. The first-order valence-corrected chi connectivity index (χ1v) is 8.90. The summed E-state index contributed by atoms with van der Waals surface area (Å²) in [5.74, 6) is 0.838. The van der Waals surface area contributed by atoms with E-state index in [9.17, 15) is 9.59 Å². The summed E-state index contributed by atoms with van der Waals surface area (Å²) in [6, 6.07) is 7.85. The van der Waals surface area contributed by atoms with Gasteiger partial charge in [0.25, 0.3) is 0 Å². The zero-order chi connectivity index (χ0) is 18.1. The molecule has 1 saturated heterocycles. The molecule has 0 saturated carbocycles. The SMILES string of the molecule is CCOCCNC(=O)[C@@H]1CCC(=O)N(CCc2ccc(OC)cc2)C1. The summed E-state index contributed by atoms with van der Waals surface area (Å²) in [5, 5.41) is 2.89. The molecule has 0 radical (unpaired) electrons. The first-order chi connectivity index (χ1) is 12.1. The topological polar surface area (TPSA) is 67.9 Å². The molecule has 0 bridgehead atoms. The molecule has 1 aliphatic heterocycles. The van der Waals surface area contributed by atoms with E-state index >= 15 is 0 Å². The Bertz CT molecular complexity index is 559. The van der Waals surface area contributed by atoms with E-state index in [2.05, 4.69) is 5.32 Å². The molecule has 2 amide bonds. The number of ether oxygens (including phenoxy) is 2. The van der Waals surface area contributed by atoms with Crippen LogP contribution in [0.2, 0.25) is 0 Å². The second-order valence-corrected chi connectivity index (χ2v) is 6.16. The van der Waals surface area contributed by atoms with Gasteiger partial charge in [-0.15, -0.1) is 0 Å². The van der Waals surface area contributed by atoms with Crippen LogP contribution in [0.3, 0.4) is 0 Å². The normalized spacial score (nSPS) is 17.4. The van der Waals surface area contributed by atoms with Gasteiger partial charge in [0.15, 0.2) is 0 Å². The van der Waals surface area contributed by atoms with Crippen LogP contribution in [0.1, 0.15) is 25.3 Å². The molecule has 0 spiro atoms. The molecule has 25 heavy (non-hydrogen) atoms. The van der Waals surface area contributed by atoms with E-state index in [1.165, 1.54) is 0 Å². The molecule has 0 aromatic heterocycles. The van der Waals surface area contributed by atoms with Crippen molar-refractivity contribution in [2.75, 3.05) is 40.0 Å². The van der Waals surface area contributed by atoms with Crippen molar-refractivity contribution in [2.24, 2.45) is 5.92 Å². The summed E-state index contributed by atoms with van der Waals surface area (Å²) in [6.07, 6.45) is 1.83. The summed E-state index contributed by atoms with van der Waals surface area (Å²) in [6.45, 7) is 4.74. The Hall–Kier alpha value is -2.08. The van der Waals surface area contributed by atoms with Gasteiger partial charge in [-0.3, -0.25) is 9.59 Å². The predicted octanol–water partition coefficient (Wildman–Crippen LogP) is 1.63. The summed E-state index contributed by atoms with van der Waals surface area (Å²) in [7, 11) is 1.64. The molecule has 6 heteroatoms. The number of nitrogens with zero attached hydrogens (tertiary/aromatic N) is 1. The van der Waals surface area contributed by atoms with Crippen LogP contribution in [0, 0.1) is 5.92 Å². The summed E-state index contributed by atoms with van der Waals surface area (Å²) >= 11 is 0. The van der Waals surface area contributed by atoms with E-state index in [1.54, 1.807) is 12.0 Å². The minimum atomic E-state index is -0.129. The van der Waals surface area contributed by atoms with Gasteiger partial charge in [-0.25, -0.2) is 0 Å². The number of nitrogens with one attached hydrogen (secondary N) is 1. The second-order valence-electron chi connectivity index (χ2n) is 6.16. The molecule has 6 nitrogen and oxygen atoms in total. The van der Waals surface area contributed by atoms with Crippen LogP contribution in [0.5, 0.6) is 5.75 Å². The van der Waals surface area contributed by atoms with Gasteiger partial charge in [-0.05, 0) is 37.5 Å². The van der Waals surface area contributed by atoms with Gasteiger partial charge in [0.1, 0.15) is 5.75 Å². The zero-order valence-electron chi connectivity index (χ0n) is 15.1. The first kappa shape index (κ1) is 19.2. The molecular weight excluding hydrogens is 320 g/mol. The summed E-state index contributed by atoms with van der Waals surface area (Å²) < 4.78 is 10.4. The number of carbonyl (C=O) groups is 2. The highest BCUT2D eigenvalue weighted by Gasteiger charge is 2.29. The van der Waals surface area contributed by atoms with Crippen LogP contribution in [-0.2, 0) is 20.7 Å². The van der Waals surface area contributed by atoms with Crippen molar-refractivity contribution >= 4 is 11.8 Å². The summed E-state index contributed by atoms with van der Waals surface area (Å²) in [4.78, 5) is 26.2. The Labute approximate surface area is 149 Å². The number of hydrogen-bond acceptors (Lipinski definition) is 4. The molecule has 0 aliphatic carbocycles. The standard InChI is InChI=1S/C19H28N2O4/c1-3-25-13-11-20-19(23)16-6-9-18(22)21(14-16)12-10-15-4-7-17(24-2)8-5-15/h4-5,7-8,16H,3,6,9-14H2,1-2H3,(H,20,23)/t16-/m1/s1. The van der Waals surface area contributed by atoms with Crippen molar-refractivity contribution in [3.05, 3.63) is 29.8 Å². The Morgan fingerprint density at radius 1 is 1.32 bits per heavy atom. The van der Waals surface area contributed by atoms with Gasteiger partial charge in [0.05, 0.1) is 19.6 Å². The third kappa shape index (κ3) is 6.05. The Balaban J connectivity index is 1.80. The fourth-order valence-electron chi connectivity index (χ4n) is 2.94. The van der Waals surface area contributed by atoms with Crippen molar-refractivity contribution < 1.29 is 19.1 Å². The van der Waals surface area contributed by atoms with Crippen LogP contribution in [0.25, 0.3) is 0 Å². The maximum absolute atomic E-state index is 12.2. The maximum Gasteiger partial charge on any atom is 0.224 e. The molecule has 1 heterocycles. The quantitative estimate of drug-likeness (QED) is 0.689. The van der Waals surface area contributed by atoms with E-state index in [0.717, 1.165) is 17.7 Å². The highest BCUT2D eigenvalue weighted by molar-refractivity contribution is 5.83. The number of piperidine rings is 1. The number of methoxy groups -OCH3 is 1. The fraction of sp³-hybridized carbons (Fsp3) is 0.579. The molecule has 1 N–H and O–H groups in total. The Morgan fingerprint density at radius 2 is 2.08 bits per heavy atom. The lowest BCUT2D eigenvalue weighted by Crippen LogP contribution is -2.46. The fourth-order valence-corrected chi connectivity index (χ4v) is 2.94. The van der Waals surface area contributed by atoms with E-state index in [0.29, 0.717) is 45.7 Å². The second kappa shape index (κ2) is 10.0. The third-order valence-corrected chi connectivity index (χ3v) is 4.45. The van der Waals surface area contributed by atoms with Gasteiger partial charge < -0.3 is 19.7 Å². The number of rotatable bonds is 9.